The van der Waals surface area contributed by atoms with Crippen LogP contribution in [-0.2, 0) is 6.61 Å². The fourth-order valence-corrected chi connectivity index (χ4v) is 4.26. The third-order valence-electron chi connectivity index (χ3n) is 5.93. The molecule has 32 heavy (non-hydrogen) atoms. The van der Waals surface area contributed by atoms with Gasteiger partial charge in [0.05, 0.1) is 13.2 Å². The number of amides is 1. The summed E-state index contributed by atoms with van der Waals surface area (Å²) in [6.45, 7) is 2.92. The summed E-state index contributed by atoms with van der Waals surface area (Å²) in [5.74, 6) is 1.56. The van der Waals surface area contributed by atoms with Crippen LogP contribution in [0.1, 0.15) is 40.4 Å². The van der Waals surface area contributed by atoms with Crippen LogP contribution in [-0.4, -0.2) is 37.6 Å². The van der Waals surface area contributed by atoms with Gasteiger partial charge in [0.2, 0.25) is 0 Å². The van der Waals surface area contributed by atoms with Crippen molar-refractivity contribution in [2.45, 2.75) is 25.5 Å². The molecule has 0 bridgehead atoms. The zero-order valence-electron chi connectivity index (χ0n) is 18.5. The van der Waals surface area contributed by atoms with Gasteiger partial charge in [-0.05, 0) is 50.2 Å². The van der Waals surface area contributed by atoms with Gasteiger partial charge in [0.1, 0.15) is 18.1 Å². The van der Waals surface area contributed by atoms with Crippen molar-refractivity contribution in [3.05, 3.63) is 95.6 Å². The van der Waals surface area contributed by atoms with Crippen LogP contribution in [0.2, 0.25) is 0 Å². The number of ether oxygens (including phenoxy) is 2. The maximum atomic E-state index is 13.2. The molecule has 0 spiro atoms. The van der Waals surface area contributed by atoms with Gasteiger partial charge in [-0.15, -0.1) is 0 Å². The average Bonchev–Trinajstić information content (AvgIpc) is 3.38. The van der Waals surface area contributed by atoms with Crippen molar-refractivity contribution in [3.8, 4) is 11.5 Å². The van der Waals surface area contributed by atoms with E-state index in [4.69, 9.17) is 9.47 Å². The van der Waals surface area contributed by atoms with Gasteiger partial charge in [-0.1, -0.05) is 54.6 Å². The molecule has 0 saturated carbocycles. The van der Waals surface area contributed by atoms with E-state index in [1.54, 1.807) is 7.11 Å². The maximum Gasteiger partial charge on any atom is 0.251 e. The van der Waals surface area contributed by atoms with Crippen molar-refractivity contribution < 1.29 is 14.3 Å². The first-order chi connectivity index (χ1) is 15.8. The van der Waals surface area contributed by atoms with Crippen molar-refractivity contribution in [3.63, 3.8) is 0 Å². The molecule has 1 N–H and O–H groups in total. The lowest BCUT2D eigenvalue weighted by Gasteiger charge is -2.29. The number of carbonyl (C=O) groups excluding carboxylic acids is 1. The summed E-state index contributed by atoms with van der Waals surface area (Å²) in [6, 6.07) is 25.4. The largest absolute Gasteiger partial charge is 0.496 e. The summed E-state index contributed by atoms with van der Waals surface area (Å²) in [5.41, 5.74) is 2.62. The van der Waals surface area contributed by atoms with E-state index in [0.29, 0.717) is 18.7 Å². The van der Waals surface area contributed by atoms with E-state index in [1.165, 1.54) is 12.8 Å². The van der Waals surface area contributed by atoms with Gasteiger partial charge in [-0.25, -0.2) is 0 Å². The van der Waals surface area contributed by atoms with Crippen LogP contribution in [0.25, 0.3) is 0 Å². The molecule has 166 valence electrons. The molecule has 1 saturated heterocycles. The average molecular weight is 431 g/mol. The number of likely N-dealkylation sites (tertiary alicyclic amines) is 1. The molecule has 1 heterocycles. The predicted molar refractivity (Wildman–Crippen MR) is 126 cm³/mol. The minimum Gasteiger partial charge on any atom is -0.496 e. The quantitative estimate of drug-likeness (QED) is 0.528. The first-order valence-electron chi connectivity index (χ1n) is 11.2. The molecule has 1 unspecified atom stereocenters. The van der Waals surface area contributed by atoms with Crippen LogP contribution >= 0.6 is 0 Å². The highest BCUT2D eigenvalue weighted by atomic mass is 16.5. The molecule has 1 atom stereocenters. The van der Waals surface area contributed by atoms with E-state index < -0.39 is 0 Å². The van der Waals surface area contributed by atoms with Crippen LogP contribution in [0.15, 0.2) is 78.9 Å². The van der Waals surface area contributed by atoms with E-state index >= 15 is 0 Å². The number of methoxy groups -OCH3 is 1. The molecular formula is C27H30N2O3. The van der Waals surface area contributed by atoms with Gasteiger partial charge >= 0.3 is 0 Å². The normalized spacial score (nSPS) is 14.7. The van der Waals surface area contributed by atoms with Crippen molar-refractivity contribution in [2.75, 3.05) is 26.7 Å². The zero-order valence-corrected chi connectivity index (χ0v) is 18.5. The molecule has 5 nitrogen and oxygen atoms in total. The molecule has 1 fully saturated rings. The number of nitrogens with zero attached hydrogens (tertiary/aromatic N) is 1. The van der Waals surface area contributed by atoms with Crippen LogP contribution in [0.3, 0.4) is 0 Å². The Labute approximate surface area is 190 Å². The van der Waals surface area contributed by atoms with Crippen molar-refractivity contribution >= 4 is 5.91 Å². The molecule has 0 aromatic heterocycles. The summed E-state index contributed by atoms with van der Waals surface area (Å²) < 4.78 is 11.5. The van der Waals surface area contributed by atoms with Crippen LogP contribution in [0.4, 0.5) is 0 Å². The summed E-state index contributed by atoms with van der Waals surface area (Å²) in [5, 5.41) is 3.17. The molecule has 5 heteroatoms. The standard InChI is InChI=1S/C27H30N2O3/c1-31-26-16-8-7-15-24(26)25(29-17-9-10-18-29)19-28-27(30)23-14-6-5-11-21(23)20-32-22-12-3-2-4-13-22/h2-8,11-16,25H,9-10,17-20H2,1H3,(H,28,30). The summed E-state index contributed by atoms with van der Waals surface area (Å²) in [4.78, 5) is 15.6. The van der Waals surface area contributed by atoms with E-state index in [9.17, 15) is 4.79 Å². The maximum absolute atomic E-state index is 13.2. The fraction of sp³-hybridized carbons (Fsp3) is 0.296. The van der Waals surface area contributed by atoms with Crippen LogP contribution < -0.4 is 14.8 Å². The van der Waals surface area contributed by atoms with Crippen molar-refractivity contribution in [1.82, 2.24) is 10.2 Å². The lowest BCUT2D eigenvalue weighted by Crippen LogP contribution is -2.37. The number of hydrogen-bond donors (Lipinski definition) is 1. The topological polar surface area (TPSA) is 50.8 Å². The highest BCUT2D eigenvalue weighted by Gasteiger charge is 2.26. The molecular weight excluding hydrogens is 400 g/mol. The molecule has 3 aromatic carbocycles. The molecule has 1 aliphatic rings. The van der Waals surface area contributed by atoms with Gasteiger partial charge in [0.25, 0.3) is 5.91 Å². The second-order valence-electron chi connectivity index (χ2n) is 7.97. The van der Waals surface area contributed by atoms with Crippen LogP contribution in [0, 0.1) is 0 Å². The SMILES string of the molecule is COc1ccccc1C(CNC(=O)c1ccccc1COc1ccccc1)N1CCCC1. The third-order valence-corrected chi connectivity index (χ3v) is 5.93. The minimum absolute atomic E-state index is 0.0744. The van der Waals surface area contributed by atoms with Crippen molar-refractivity contribution in [1.29, 1.82) is 0 Å². The highest BCUT2D eigenvalue weighted by Crippen LogP contribution is 2.31. The lowest BCUT2D eigenvalue weighted by molar-refractivity contribution is 0.0935. The van der Waals surface area contributed by atoms with E-state index in [2.05, 4.69) is 16.3 Å². The second-order valence-corrected chi connectivity index (χ2v) is 7.97. The number of benzene rings is 3. The van der Waals surface area contributed by atoms with Gasteiger partial charge in [0, 0.05) is 23.2 Å². The van der Waals surface area contributed by atoms with E-state index in [0.717, 1.165) is 35.7 Å². The zero-order chi connectivity index (χ0) is 22.2. The highest BCUT2D eigenvalue weighted by molar-refractivity contribution is 5.95. The number of para-hydroxylation sites is 2. The van der Waals surface area contributed by atoms with E-state index in [-0.39, 0.29) is 11.9 Å². The molecule has 0 aliphatic carbocycles. The Morgan fingerprint density at radius 3 is 2.41 bits per heavy atom. The first-order valence-corrected chi connectivity index (χ1v) is 11.2. The van der Waals surface area contributed by atoms with Crippen LogP contribution in [0.5, 0.6) is 11.5 Å². The predicted octanol–water partition coefficient (Wildman–Crippen LogP) is 4.84. The smallest absolute Gasteiger partial charge is 0.251 e. The Balaban J connectivity index is 1.48. The summed E-state index contributed by atoms with van der Waals surface area (Å²) >= 11 is 0. The summed E-state index contributed by atoms with van der Waals surface area (Å²) in [6.07, 6.45) is 2.36. The number of carbonyl (C=O) groups is 1. The Hall–Kier alpha value is -3.31. The molecule has 0 radical (unpaired) electrons. The second kappa shape index (κ2) is 10.8. The third kappa shape index (κ3) is 5.29. The molecule has 1 aliphatic heterocycles. The molecule has 4 rings (SSSR count). The Bertz CT molecular complexity index is 1020. The Morgan fingerprint density at radius 2 is 1.62 bits per heavy atom. The minimum atomic E-state index is -0.0867. The first kappa shape index (κ1) is 21.9. The number of hydrogen-bond acceptors (Lipinski definition) is 4. The van der Waals surface area contributed by atoms with Gasteiger partial charge in [-0.2, -0.15) is 0 Å². The van der Waals surface area contributed by atoms with Gasteiger partial charge in [0.15, 0.2) is 0 Å². The molecule has 1 amide bonds. The monoisotopic (exact) mass is 430 g/mol. The number of rotatable bonds is 9. The van der Waals surface area contributed by atoms with E-state index in [1.807, 2.05) is 72.8 Å². The Kier molecular flexibility index (Phi) is 7.41. The van der Waals surface area contributed by atoms with Gasteiger partial charge < -0.3 is 14.8 Å². The molecule has 3 aromatic rings. The summed E-state index contributed by atoms with van der Waals surface area (Å²) in [7, 11) is 1.70. The van der Waals surface area contributed by atoms with Crippen molar-refractivity contribution in [2.24, 2.45) is 0 Å². The fourth-order valence-electron chi connectivity index (χ4n) is 4.26. The number of nitrogens with one attached hydrogen (secondary N) is 1. The lowest BCUT2D eigenvalue weighted by atomic mass is 10.0. The Morgan fingerprint density at radius 1 is 0.938 bits per heavy atom. The van der Waals surface area contributed by atoms with Gasteiger partial charge in [-0.3, -0.25) is 9.69 Å².